The van der Waals surface area contributed by atoms with E-state index in [4.69, 9.17) is 0 Å². The third kappa shape index (κ3) is 6.00. The molecule has 0 amide bonds. The molecule has 0 unspecified atom stereocenters. The summed E-state index contributed by atoms with van der Waals surface area (Å²) in [6, 6.07) is 81.8. The summed E-state index contributed by atoms with van der Waals surface area (Å²) in [5, 5.41) is 0. The monoisotopic (exact) mass is 753 g/mol. The van der Waals surface area contributed by atoms with Gasteiger partial charge in [0.05, 0.1) is 0 Å². The number of benzene rings is 9. The predicted octanol–water partition coefficient (Wildman–Crippen LogP) is 12.9. The summed E-state index contributed by atoms with van der Waals surface area (Å²) in [6.45, 7) is 2.24. The first kappa shape index (κ1) is 34.7. The van der Waals surface area contributed by atoms with Gasteiger partial charge in [0.1, 0.15) is 0 Å². The molecule has 2 aliphatic heterocycles. The van der Waals surface area contributed by atoms with Crippen molar-refractivity contribution in [3.8, 4) is 22.3 Å². The molecule has 9 aromatic carbocycles. The van der Waals surface area contributed by atoms with Crippen LogP contribution in [0.4, 0.5) is 51.2 Å². The standard InChI is InChI=1S/C55H40BN3/c1-39-34-53-55-54(35-39)59(47-29-17-22-42(36-47)40-18-7-2-8-19-40)51-37-43(41-20-9-3-10-21-41)30-32-49(51)56(55)50-33-31-48(38-52(50)58(53)46-27-15-6-16-28-46)57(44-23-11-4-12-24-44)45-25-13-5-14-26-45/h2-38H,1H3. The Balaban J connectivity index is 1.18. The van der Waals surface area contributed by atoms with Gasteiger partial charge in [0.25, 0.3) is 6.71 Å². The number of rotatable bonds is 7. The molecule has 0 N–H and O–H groups in total. The molecule has 2 aliphatic rings. The quantitative estimate of drug-likeness (QED) is 0.150. The fraction of sp³-hybridized carbons (Fsp3) is 0.0182. The number of aryl methyl sites for hydroxylation is 1. The molecule has 0 atom stereocenters. The number of para-hydroxylation sites is 3. The van der Waals surface area contributed by atoms with Crippen LogP contribution in [-0.4, -0.2) is 6.71 Å². The van der Waals surface area contributed by atoms with E-state index in [0.29, 0.717) is 0 Å². The largest absolute Gasteiger partial charge is 0.311 e. The van der Waals surface area contributed by atoms with Crippen molar-refractivity contribution in [1.29, 1.82) is 0 Å². The molecule has 0 aromatic heterocycles. The highest BCUT2D eigenvalue weighted by Gasteiger charge is 2.43. The molecular weight excluding hydrogens is 713 g/mol. The Labute approximate surface area is 346 Å². The topological polar surface area (TPSA) is 9.72 Å². The van der Waals surface area contributed by atoms with Crippen LogP contribution in [0.2, 0.25) is 0 Å². The molecule has 0 spiro atoms. The number of hydrogen-bond donors (Lipinski definition) is 0. The van der Waals surface area contributed by atoms with Gasteiger partial charge < -0.3 is 14.7 Å². The van der Waals surface area contributed by atoms with Gasteiger partial charge in [-0.15, -0.1) is 0 Å². The molecule has 0 fully saturated rings. The van der Waals surface area contributed by atoms with E-state index in [0.717, 1.165) is 28.4 Å². The van der Waals surface area contributed by atoms with Crippen molar-refractivity contribution in [2.75, 3.05) is 14.7 Å². The molecule has 0 saturated carbocycles. The molecule has 0 aliphatic carbocycles. The van der Waals surface area contributed by atoms with Crippen molar-refractivity contribution in [3.63, 3.8) is 0 Å². The van der Waals surface area contributed by atoms with E-state index in [1.807, 2.05) is 0 Å². The lowest BCUT2D eigenvalue weighted by atomic mass is 9.33. The van der Waals surface area contributed by atoms with E-state index in [1.54, 1.807) is 0 Å². The zero-order chi connectivity index (χ0) is 39.3. The first-order chi connectivity index (χ1) is 29.2. The Morgan fingerprint density at radius 1 is 0.339 bits per heavy atom. The van der Waals surface area contributed by atoms with E-state index in [-0.39, 0.29) is 6.71 Å². The summed E-state index contributed by atoms with van der Waals surface area (Å²) in [6.07, 6.45) is 0. The van der Waals surface area contributed by atoms with Crippen LogP contribution in [0.1, 0.15) is 5.56 Å². The van der Waals surface area contributed by atoms with Crippen LogP contribution in [0, 0.1) is 6.92 Å². The maximum absolute atomic E-state index is 2.52. The first-order valence-corrected chi connectivity index (χ1v) is 20.4. The number of anilines is 9. The number of hydrogen-bond acceptors (Lipinski definition) is 3. The fourth-order valence-electron chi connectivity index (χ4n) is 9.25. The van der Waals surface area contributed by atoms with Gasteiger partial charge in [0, 0.05) is 51.2 Å². The van der Waals surface area contributed by atoms with Gasteiger partial charge in [-0.1, -0.05) is 146 Å². The van der Waals surface area contributed by atoms with Gasteiger partial charge in [0.15, 0.2) is 0 Å². The van der Waals surface area contributed by atoms with Crippen LogP contribution in [0.15, 0.2) is 224 Å². The Hall–Kier alpha value is -7.56. The molecular formula is C55H40BN3. The smallest absolute Gasteiger partial charge is 0.252 e. The predicted molar refractivity (Wildman–Crippen MR) is 251 cm³/mol. The second kappa shape index (κ2) is 14.4. The van der Waals surface area contributed by atoms with Crippen molar-refractivity contribution in [2.45, 2.75) is 6.92 Å². The second-order valence-electron chi connectivity index (χ2n) is 15.5. The second-order valence-corrected chi connectivity index (χ2v) is 15.5. The van der Waals surface area contributed by atoms with Crippen molar-refractivity contribution >= 4 is 74.3 Å². The highest BCUT2D eigenvalue weighted by atomic mass is 15.2. The maximum atomic E-state index is 2.52. The Morgan fingerprint density at radius 3 is 1.39 bits per heavy atom. The molecule has 2 heterocycles. The molecule has 0 bridgehead atoms. The van der Waals surface area contributed by atoms with Crippen LogP contribution < -0.4 is 31.1 Å². The zero-order valence-corrected chi connectivity index (χ0v) is 32.8. The van der Waals surface area contributed by atoms with Crippen LogP contribution in [-0.2, 0) is 0 Å². The van der Waals surface area contributed by atoms with E-state index < -0.39 is 0 Å². The number of fused-ring (bicyclic) bond motifs is 4. The highest BCUT2D eigenvalue weighted by molar-refractivity contribution is 7.00. The fourth-order valence-corrected chi connectivity index (χ4v) is 9.25. The molecule has 9 aromatic rings. The van der Waals surface area contributed by atoms with Gasteiger partial charge in [-0.25, -0.2) is 0 Å². The lowest BCUT2D eigenvalue weighted by Gasteiger charge is -2.45. The molecule has 278 valence electrons. The van der Waals surface area contributed by atoms with Gasteiger partial charge in [-0.3, -0.25) is 0 Å². The molecule has 3 nitrogen and oxygen atoms in total. The third-order valence-corrected chi connectivity index (χ3v) is 11.8. The van der Waals surface area contributed by atoms with Crippen LogP contribution >= 0.6 is 0 Å². The van der Waals surface area contributed by atoms with E-state index >= 15 is 0 Å². The van der Waals surface area contributed by atoms with E-state index in [2.05, 4.69) is 246 Å². The normalized spacial score (nSPS) is 12.4. The number of nitrogens with zero attached hydrogens (tertiary/aromatic N) is 3. The van der Waals surface area contributed by atoms with Gasteiger partial charge in [-0.05, 0) is 130 Å². The van der Waals surface area contributed by atoms with Crippen molar-refractivity contribution in [3.05, 3.63) is 230 Å². The van der Waals surface area contributed by atoms with E-state index in [9.17, 15) is 0 Å². The Bertz CT molecular complexity index is 2910. The SMILES string of the molecule is Cc1cc2c3c(c1)N(c1ccccc1)c1cc(N(c4ccccc4)c4ccccc4)ccc1B3c1ccc(-c3ccccc3)cc1N2c1cccc(-c2ccccc2)c1. The highest BCUT2D eigenvalue weighted by Crippen LogP contribution is 2.47. The van der Waals surface area contributed by atoms with Crippen molar-refractivity contribution in [1.82, 2.24) is 0 Å². The molecule has 4 heteroatoms. The molecule has 11 rings (SSSR count). The van der Waals surface area contributed by atoms with Crippen molar-refractivity contribution < 1.29 is 0 Å². The average Bonchev–Trinajstić information content (AvgIpc) is 3.30. The lowest BCUT2D eigenvalue weighted by Crippen LogP contribution is -2.61. The minimum Gasteiger partial charge on any atom is -0.311 e. The zero-order valence-electron chi connectivity index (χ0n) is 32.8. The summed E-state index contributed by atoms with van der Waals surface area (Å²) >= 11 is 0. The van der Waals surface area contributed by atoms with Crippen LogP contribution in [0.5, 0.6) is 0 Å². The van der Waals surface area contributed by atoms with Gasteiger partial charge in [-0.2, -0.15) is 0 Å². The van der Waals surface area contributed by atoms with E-state index in [1.165, 1.54) is 67.0 Å². The molecule has 0 saturated heterocycles. The molecule has 59 heavy (non-hydrogen) atoms. The summed E-state index contributed by atoms with van der Waals surface area (Å²) in [5.41, 5.74) is 20.3. The van der Waals surface area contributed by atoms with Gasteiger partial charge >= 0.3 is 0 Å². The van der Waals surface area contributed by atoms with Gasteiger partial charge in [0.2, 0.25) is 0 Å². The minimum absolute atomic E-state index is 0.0000999. The molecule has 0 radical (unpaired) electrons. The first-order valence-electron chi connectivity index (χ1n) is 20.4. The third-order valence-electron chi connectivity index (χ3n) is 11.8. The summed E-state index contributed by atoms with van der Waals surface area (Å²) in [7, 11) is 0. The average molecular weight is 754 g/mol. The lowest BCUT2D eigenvalue weighted by molar-refractivity contribution is 1.23. The summed E-state index contributed by atoms with van der Waals surface area (Å²) in [5.74, 6) is 0. The summed E-state index contributed by atoms with van der Waals surface area (Å²) in [4.78, 5) is 7.38. The van der Waals surface area contributed by atoms with Crippen LogP contribution in [0.25, 0.3) is 22.3 Å². The van der Waals surface area contributed by atoms with Crippen molar-refractivity contribution in [2.24, 2.45) is 0 Å². The Kier molecular flexibility index (Phi) is 8.48. The maximum Gasteiger partial charge on any atom is 0.252 e. The minimum atomic E-state index is -0.0000999. The Morgan fingerprint density at radius 2 is 0.797 bits per heavy atom. The summed E-state index contributed by atoms with van der Waals surface area (Å²) < 4.78 is 0. The van der Waals surface area contributed by atoms with Crippen LogP contribution in [0.3, 0.4) is 0 Å².